The zero-order valence-corrected chi connectivity index (χ0v) is 13.5. The lowest BCUT2D eigenvalue weighted by Gasteiger charge is -2.41. The van der Waals surface area contributed by atoms with Crippen molar-refractivity contribution < 1.29 is 4.74 Å². The van der Waals surface area contributed by atoms with Crippen molar-refractivity contribution in [2.75, 3.05) is 26.2 Å². The molecule has 2 rings (SSSR count). The predicted octanol–water partition coefficient (Wildman–Crippen LogP) is 3.21. The van der Waals surface area contributed by atoms with Crippen molar-refractivity contribution in [3.05, 3.63) is 33.3 Å². The van der Waals surface area contributed by atoms with Crippen LogP contribution in [0.15, 0.2) is 22.7 Å². The maximum Gasteiger partial charge on any atom is 0.0894 e. The minimum Gasteiger partial charge on any atom is -0.374 e. The first-order valence-electron chi connectivity index (χ1n) is 6.68. The van der Waals surface area contributed by atoms with Crippen LogP contribution in [0.2, 0.25) is 5.02 Å². The van der Waals surface area contributed by atoms with Crippen molar-refractivity contribution in [2.45, 2.75) is 25.5 Å². The Morgan fingerprint density at radius 1 is 1.53 bits per heavy atom. The number of hydrogen-bond acceptors (Lipinski definition) is 3. The van der Waals surface area contributed by atoms with Gasteiger partial charge in [0.2, 0.25) is 0 Å². The fraction of sp³-hybridized carbons (Fsp3) is 0.571. The van der Waals surface area contributed by atoms with Crippen LogP contribution >= 0.6 is 27.5 Å². The first-order chi connectivity index (χ1) is 9.17. The first kappa shape index (κ1) is 15.3. The number of nitrogens with zero attached hydrogens (tertiary/aromatic N) is 1. The molecule has 0 amide bonds. The van der Waals surface area contributed by atoms with Crippen LogP contribution in [-0.2, 0) is 4.74 Å². The molecule has 0 aromatic heterocycles. The van der Waals surface area contributed by atoms with E-state index in [9.17, 15) is 0 Å². The van der Waals surface area contributed by atoms with Gasteiger partial charge in [-0.2, -0.15) is 0 Å². The fourth-order valence-electron chi connectivity index (χ4n) is 2.64. The maximum atomic E-state index is 6.21. The Balaban J connectivity index is 2.30. The van der Waals surface area contributed by atoms with Crippen molar-refractivity contribution in [3.63, 3.8) is 0 Å². The molecule has 1 heterocycles. The van der Waals surface area contributed by atoms with Gasteiger partial charge >= 0.3 is 0 Å². The summed E-state index contributed by atoms with van der Waals surface area (Å²) in [4.78, 5) is 2.45. The fourth-order valence-corrected chi connectivity index (χ4v) is 3.08. The summed E-state index contributed by atoms with van der Waals surface area (Å²) in [6, 6.07) is 6.30. The van der Waals surface area contributed by atoms with Crippen molar-refractivity contribution in [2.24, 2.45) is 5.73 Å². The van der Waals surface area contributed by atoms with Gasteiger partial charge in [0.15, 0.2) is 0 Å². The molecule has 0 spiro atoms. The van der Waals surface area contributed by atoms with E-state index in [0.717, 1.165) is 35.6 Å². The number of rotatable bonds is 4. The van der Waals surface area contributed by atoms with Crippen LogP contribution in [0.5, 0.6) is 0 Å². The molecule has 19 heavy (non-hydrogen) atoms. The van der Waals surface area contributed by atoms with Crippen molar-refractivity contribution in [3.8, 4) is 0 Å². The molecule has 1 aromatic rings. The summed E-state index contributed by atoms with van der Waals surface area (Å²) in [5, 5.41) is 0.732. The molecule has 0 bridgehead atoms. The zero-order chi connectivity index (χ0) is 13.8. The standard InChI is InChI=1S/C14H20BrClN2O/c1-2-5-18-6-7-19-13(9-17)14(18)10-3-4-11(15)12(16)8-10/h3-4,8,13-14H,2,5-7,9,17H2,1H3. The van der Waals surface area contributed by atoms with Gasteiger partial charge in [-0.05, 0) is 46.6 Å². The van der Waals surface area contributed by atoms with Crippen LogP contribution in [0.25, 0.3) is 0 Å². The van der Waals surface area contributed by atoms with E-state index < -0.39 is 0 Å². The van der Waals surface area contributed by atoms with E-state index in [2.05, 4.69) is 33.8 Å². The minimum atomic E-state index is 0.0394. The Morgan fingerprint density at radius 3 is 2.95 bits per heavy atom. The summed E-state index contributed by atoms with van der Waals surface area (Å²) in [6.07, 6.45) is 1.16. The lowest BCUT2D eigenvalue weighted by molar-refractivity contribution is -0.0676. The molecule has 1 aromatic carbocycles. The molecule has 3 nitrogen and oxygen atoms in total. The molecule has 0 aliphatic carbocycles. The van der Waals surface area contributed by atoms with Gasteiger partial charge in [0, 0.05) is 17.6 Å². The second-order valence-corrected chi connectivity index (χ2v) is 6.06. The highest BCUT2D eigenvalue weighted by Gasteiger charge is 2.32. The van der Waals surface area contributed by atoms with Gasteiger partial charge in [0.05, 0.1) is 23.8 Å². The van der Waals surface area contributed by atoms with Crippen LogP contribution in [-0.4, -0.2) is 37.2 Å². The van der Waals surface area contributed by atoms with Crippen LogP contribution in [0.3, 0.4) is 0 Å². The van der Waals surface area contributed by atoms with Gasteiger partial charge < -0.3 is 10.5 Å². The third kappa shape index (κ3) is 3.50. The van der Waals surface area contributed by atoms with Crippen LogP contribution < -0.4 is 5.73 Å². The van der Waals surface area contributed by atoms with Gasteiger partial charge in [-0.15, -0.1) is 0 Å². The normalized spacial score (nSPS) is 24.6. The van der Waals surface area contributed by atoms with Crippen LogP contribution in [0, 0.1) is 0 Å². The van der Waals surface area contributed by atoms with Crippen molar-refractivity contribution in [1.29, 1.82) is 0 Å². The largest absolute Gasteiger partial charge is 0.374 e. The van der Waals surface area contributed by atoms with Gasteiger partial charge in [-0.3, -0.25) is 4.90 Å². The molecule has 0 radical (unpaired) electrons. The lowest BCUT2D eigenvalue weighted by atomic mass is 9.97. The van der Waals surface area contributed by atoms with E-state index in [0.29, 0.717) is 6.54 Å². The summed E-state index contributed by atoms with van der Waals surface area (Å²) in [6.45, 7) is 5.47. The molecule has 1 fully saturated rings. The highest BCUT2D eigenvalue weighted by Crippen LogP contribution is 2.33. The average molecular weight is 348 g/mol. The molecular formula is C14H20BrClN2O. The first-order valence-corrected chi connectivity index (χ1v) is 7.85. The molecule has 1 aliphatic rings. The predicted molar refractivity (Wildman–Crippen MR) is 82.6 cm³/mol. The smallest absolute Gasteiger partial charge is 0.0894 e. The van der Waals surface area contributed by atoms with Crippen LogP contribution in [0.1, 0.15) is 24.9 Å². The number of hydrogen-bond donors (Lipinski definition) is 1. The lowest BCUT2D eigenvalue weighted by Crippen LogP contribution is -2.48. The number of ether oxygens (including phenoxy) is 1. The molecule has 106 valence electrons. The van der Waals surface area contributed by atoms with Gasteiger partial charge in [0.1, 0.15) is 0 Å². The average Bonchev–Trinajstić information content (AvgIpc) is 2.42. The Bertz CT molecular complexity index is 428. The van der Waals surface area contributed by atoms with E-state index >= 15 is 0 Å². The van der Waals surface area contributed by atoms with Crippen molar-refractivity contribution in [1.82, 2.24) is 4.90 Å². The SMILES string of the molecule is CCCN1CCOC(CN)C1c1ccc(Br)c(Cl)c1. The molecule has 2 atom stereocenters. The quantitative estimate of drug-likeness (QED) is 0.909. The molecule has 1 aliphatic heterocycles. The second-order valence-electron chi connectivity index (χ2n) is 4.80. The third-order valence-corrected chi connectivity index (χ3v) is 4.72. The summed E-state index contributed by atoms with van der Waals surface area (Å²) in [5.74, 6) is 0. The maximum absolute atomic E-state index is 6.21. The Kier molecular flexibility index (Phi) is 5.66. The molecule has 1 saturated heterocycles. The van der Waals surface area contributed by atoms with Gasteiger partial charge in [-0.1, -0.05) is 24.6 Å². The second kappa shape index (κ2) is 7.04. The highest BCUT2D eigenvalue weighted by atomic mass is 79.9. The molecule has 0 saturated carbocycles. The molecule has 5 heteroatoms. The topological polar surface area (TPSA) is 38.5 Å². The van der Waals surface area contributed by atoms with Crippen LogP contribution in [0.4, 0.5) is 0 Å². The van der Waals surface area contributed by atoms with Crippen molar-refractivity contribution >= 4 is 27.5 Å². The number of nitrogens with two attached hydrogens (primary N) is 1. The minimum absolute atomic E-state index is 0.0394. The Labute approximate surface area is 128 Å². The summed E-state index contributed by atoms with van der Waals surface area (Å²) in [7, 11) is 0. The Hall–Kier alpha value is -0.130. The van der Waals surface area contributed by atoms with Gasteiger partial charge in [-0.25, -0.2) is 0 Å². The van der Waals surface area contributed by atoms with E-state index in [4.69, 9.17) is 22.1 Å². The molecule has 2 unspecified atom stereocenters. The molecular weight excluding hydrogens is 328 g/mol. The number of morpholine rings is 1. The third-order valence-electron chi connectivity index (χ3n) is 3.48. The van der Waals surface area contributed by atoms with E-state index in [1.165, 1.54) is 5.56 Å². The monoisotopic (exact) mass is 346 g/mol. The summed E-state index contributed by atoms with van der Waals surface area (Å²) < 4.78 is 6.74. The zero-order valence-electron chi connectivity index (χ0n) is 11.1. The van der Waals surface area contributed by atoms with E-state index in [-0.39, 0.29) is 12.1 Å². The summed E-state index contributed by atoms with van der Waals surface area (Å²) >= 11 is 9.64. The molecule has 2 N–H and O–H groups in total. The number of halogens is 2. The van der Waals surface area contributed by atoms with Gasteiger partial charge in [0.25, 0.3) is 0 Å². The Morgan fingerprint density at radius 2 is 2.32 bits per heavy atom. The van der Waals surface area contributed by atoms with E-state index in [1.807, 2.05) is 12.1 Å². The van der Waals surface area contributed by atoms with E-state index in [1.54, 1.807) is 0 Å². The summed E-state index contributed by atoms with van der Waals surface area (Å²) in [5.41, 5.74) is 7.04. The highest BCUT2D eigenvalue weighted by molar-refractivity contribution is 9.10. The number of benzene rings is 1.